The van der Waals surface area contributed by atoms with Crippen molar-refractivity contribution in [2.24, 2.45) is 0 Å². The van der Waals surface area contributed by atoms with Crippen LogP contribution < -0.4 is 10.2 Å². The smallest absolute Gasteiger partial charge is 0.251 e. The zero-order valence-electron chi connectivity index (χ0n) is 13.0. The Morgan fingerprint density at radius 3 is 2.73 bits per heavy atom. The summed E-state index contributed by atoms with van der Waals surface area (Å²) < 4.78 is 4.93. The Balaban J connectivity index is 2.18. The van der Waals surface area contributed by atoms with Gasteiger partial charge in [0.15, 0.2) is 0 Å². The van der Waals surface area contributed by atoms with Crippen molar-refractivity contribution < 1.29 is 9.53 Å². The summed E-state index contributed by atoms with van der Waals surface area (Å²) in [6, 6.07) is 13.5. The zero-order valence-corrected chi connectivity index (χ0v) is 13.0. The molecule has 0 unspecified atom stereocenters. The van der Waals surface area contributed by atoms with Crippen molar-refractivity contribution >= 4 is 17.4 Å². The number of hydrogen-bond donors (Lipinski definition) is 1. The number of anilines is 2. The lowest BCUT2D eigenvalue weighted by Gasteiger charge is -2.22. The van der Waals surface area contributed by atoms with Crippen LogP contribution in [0.4, 0.5) is 11.5 Å². The number of methoxy groups -OCH3 is 1. The number of para-hydroxylation sites is 1. The minimum atomic E-state index is -0.121. The highest BCUT2D eigenvalue weighted by Crippen LogP contribution is 2.23. The summed E-state index contributed by atoms with van der Waals surface area (Å²) in [6.07, 6.45) is 1.66. The SMILES string of the molecule is CCN(c1ccccc1)c1cc(C(=O)NCCOC)ccn1. The summed E-state index contributed by atoms with van der Waals surface area (Å²) >= 11 is 0. The molecule has 0 saturated heterocycles. The summed E-state index contributed by atoms with van der Waals surface area (Å²) in [5.74, 6) is 0.637. The number of ether oxygens (including phenoxy) is 1. The molecular weight excluding hydrogens is 278 g/mol. The normalized spacial score (nSPS) is 10.3. The molecule has 0 fully saturated rings. The van der Waals surface area contributed by atoms with Crippen LogP contribution in [0.25, 0.3) is 0 Å². The molecule has 2 rings (SSSR count). The number of carbonyl (C=O) groups is 1. The number of pyridine rings is 1. The molecule has 1 aromatic carbocycles. The van der Waals surface area contributed by atoms with Crippen molar-refractivity contribution in [3.63, 3.8) is 0 Å². The average Bonchev–Trinajstić information content (AvgIpc) is 2.57. The van der Waals surface area contributed by atoms with Crippen LogP contribution >= 0.6 is 0 Å². The maximum Gasteiger partial charge on any atom is 0.251 e. The van der Waals surface area contributed by atoms with Crippen molar-refractivity contribution in [3.05, 3.63) is 54.2 Å². The Bertz CT molecular complexity index is 602. The topological polar surface area (TPSA) is 54.5 Å². The van der Waals surface area contributed by atoms with E-state index < -0.39 is 0 Å². The Morgan fingerprint density at radius 2 is 2.05 bits per heavy atom. The van der Waals surface area contributed by atoms with Gasteiger partial charge in [-0.05, 0) is 31.2 Å². The molecule has 0 aliphatic carbocycles. The predicted octanol–water partition coefficient (Wildman–Crippen LogP) is 2.62. The monoisotopic (exact) mass is 299 g/mol. The van der Waals surface area contributed by atoms with Crippen molar-refractivity contribution in [2.75, 3.05) is 31.7 Å². The van der Waals surface area contributed by atoms with E-state index in [0.29, 0.717) is 18.7 Å². The third kappa shape index (κ3) is 4.05. The van der Waals surface area contributed by atoms with Gasteiger partial charge in [-0.3, -0.25) is 4.79 Å². The quantitative estimate of drug-likeness (QED) is 0.799. The van der Waals surface area contributed by atoms with Crippen molar-refractivity contribution in [1.82, 2.24) is 10.3 Å². The van der Waals surface area contributed by atoms with Crippen LogP contribution in [0.3, 0.4) is 0 Å². The van der Waals surface area contributed by atoms with E-state index in [1.165, 1.54) is 0 Å². The molecule has 1 amide bonds. The van der Waals surface area contributed by atoms with Gasteiger partial charge < -0.3 is 15.0 Å². The third-order valence-electron chi connectivity index (χ3n) is 3.26. The number of nitrogens with one attached hydrogen (secondary N) is 1. The third-order valence-corrected chi connectivity index (χ3v) is 3.26. The highest BCUT2D eigenvalue weighted by atomic mass is 16.5. The standard InChI is InChI=1S/C17H21N3O2/c1-3-20(15-7-5-4-6-8-15)16-13-14(9-10-18-16)17(21)19-11-12-22-2/h4-10,13H,3,11-12H2,1-2H3,(H,19,21). The van der Waals surface area contributed by atoms with Crippen LogP contribution in [0.1, 0.15) is 17.3 Å². The van der Waals surface area contributed by atoms with Gasteiger partial charge in [-0.25, -0.2) is 4.98 Å². The highest BCUT2D eigenvalue weighted by Gasteiger charge is 2.11. The fourth-order valence-corrected chi connectivity index (χ4v) is 2.16. The maximum atomic E-state index is 12.1. The highest BCUT2D eigenvalue weighted by molar-refractivity contribution is 5.95. The molecule has 2 aromatic rings. The second kappa shape index (κ2) is 8.14. The molecule has 5 nitrogen and oxygen atoms in total. The molecule has 1 heterocycles. The Hall–Kier alpha value is -2.40. The summed E-state index contributed by atoms with van der Waals surface area (Å²) in [6.45, 7) is 3.81. The van der Waals surface area contributed by atoms with Gasteiger partial charge in [-0.15, -0.1) is 0 Å². The molecule has 0 atom stereocenters. The number of hydrogen-bond acceptors (Lipinski definition) is 4. The Kier molecular flexibility index (Phi) is 5.91. The largest absolute Gasteiger partial charge is 0.383 e. The summed E-state index contributed by atoms with van der Waals surface area (Å²) in [7, 11) is 1.61. The van der Waals surface area contributed by atoms with Crippen LogP contribution in [0.5, 0.6) is 0 Å². The van der Waals surface area contributed by atoms with Gasteiger partial charge in [-0.1, -0.05) is 18.2 Å². The molecule has 22 heavy (non-hydrogen) atoms. The first-order valence-corrected chi connectivity index (χ1v) is 7.32. The van der Waals surface area contributed by atoms with Crippen molar-refractivity contribution in [1.29, 1.82) is 0 Å². The van der Waals surface area contributed by atoms with Crippen LogP contribution in [0.2, 0.25) is 0 Å². The number of benzene rings is 1. The molecule has 116 valence electrons. The second-order valence-electron chi connectivity index (χ2n) is 4.73. The van der Waals surface area contributed by atoms with E-state index in [4.69, 9.17) is 4.74 Å². The van der Waals surface area contributed by atoms with Crippen molar-refractivity contribution in [2.45, 2.75) is 6.92 Å². The minimum absolute atomic E-state index is 0.121. The van der Waals surface area contributed by atoms with Crippen LogP contribution in [0.15, 0.2) is 48.7 Å². The van der Waals surface area contributed by atoms with E-state index in [-0.39, 0.29) is 5.91 Å². The second-order valence-corrected chi connectivity index (χ2v) is 4.73. The van der Waals surface area contributed by atoms with Crippen LogP contribution in [-0.2, 0) is 4.74 Å². The maximum absolute atomic E-state index is 12.1. The number of rotatable bonds is 7. The number of carbonyl (C=O) groups excluding carboxylic acids is 1. The molecule has 0 radical (unpaired) electrons. The first-order valence-electron chi connectivity index (χ1n) is 7.32. The molecular formula is C17H21N3O2. The Morgan fingerprint density at radius 1 is 1.27 bits per heavy atom. The first kappa shape index (κ1) is 16.0. The number of nitrogens with zero attached hydrogens (tertiary/aromatic N) is 2. The summed E-state index contributed by atoms with van der Waals surface area (Å²) in [5, 5.41) is 2.81. The van der Waals surface area contributed by atoms with Gasteiger partial charge in [-0.2, -0.15) is 0 Å². The lowest BCUT2D eigenvalue weighted by Crippen LogP contribution is -2.27. The van der Waals surface area contributed by atoms with E-state index >= 15 is 0 Å². The lowest BCUT2D eigenvalue weighted by molar-refractivity contribution is 0.0937. The molecule has 0 saturated carbocycles. The Labute approximate surface area is 130 Å². The average molecular weight is 299 g/mol. The van der Waals surface area contributed by atoms with Gasteiger partial charge in [0.2, 0.25) is 0 Å². The van der Waals surface area contributed by atoms with Crippen LogP contribution in [0, 0.1) is 0 Å². The number of amides is 1. The van der Waals surface area contributed by atoms with Gasteiger partial charge in [0.25, 0.3) is 5.91 Å². The zero-order chi connectivity index (χ0) is 15.8. The van der Waals surface area contributed by atoms with E-state index in [0.717, 1.165) is 18.1 Å². The van der Waals surface area contributed by atoms with Crippen LogP contribution in [-0.4, -0.2) is 37.7 Å². The molecule has 1 aromatic heterocycles. The lowest BCUT2D eigenvalue weighted by atomic mass is 10.2. The van der Waals surface area contributed by atoms with Gasteiger partial charge in [0.05, 0.1) is 6.61 Å². The molecule has 0 aliphatic heterocycles. The molecule has 5 heteroatoms. The van der Waals surface area contributed by atoms with E-state index in [9.17, 15) is 4.79 Å². The molecule has 0 aliphatic rings. The van der Waals surface area contributed by atoms with E-state index in [2.05, 4.69) is 22.1 Å². The molecule has 0 spiro atoms. The first-order chi connectivity index (χ1) is 10.8. The fraction of sp³-hybridized carbons (Fsp3) is 0.294. The predicted molar refractivity (Wildman–Crippen MR) is 87.6 cm³/mol. The summed E-state index contributed by atoms with van der Waals surface area (Å²) in [5.41, 5.74) is 1.64. The fourth-order valence-electron chi connectivity index (χ4n) is 2.16. The number of aromatic nitrogens is 1. The minimum Gasteiger partial charge on any atom is -0.383 e. The van der Waals surface area contributed by atoms with Crippen molar-refractivity contribution in [3.8, 4) is 0 Å². The van der Waals surface area contributed by atoms with Gasteiger partial charge >= 0.3 is 0 Å². The van der Waals surface area contributed by atoms with E-state index in [1.54, 1.807) is 25.4 Å². The van der Waals surface area contributed by atoms with Gasteiger partial charge in [0, 0.05) is 37.6 Å². The van der Waals surface area contributed by atoms with E-state index in [1.807, 2.05) is 30.3 Å². The molecule has 1 N–H and O–H groups in total. The van der Waals surface area contributed by atoms with Gasteiger partial charge in [0.1, 0.15) is 5.82 Å². The molecule has 0 bridgehead atoms. The summed E-state index contributed by atoms with van der Waals surface area (Å²) in [4.78, 5) is 18.6.